The van der Waals surface area contributed by atoms with Crippen LogP contribution in [0.4, 0.5) is 5.69 Å². The topological polar surface area (TPSA) is 61.7 Å². The van der Waals surface area contributed by atoms with Crippen LogP contribution < -0.4 is 4.90 Å². The van der Waals surface area contributed by atoms with Gasteiger partial charge in [-0.1, -0.05) is 48.5 Å². The highest BCUT2D eigenvalue weighted by atomic mass is 16.2. The molecule has 0 N–H and O–H groups in total. The van der Waals surface area contributed by atoms with Crippen molar-refractivity contribution in [2.75, 3.05) is 31.1 Å². The number of rotatable bonds is 5. The highest BCUT2D eigenvalue weighted by Crippen LogP contribution is 2.24. The summed E-state index contributed by atoms with van der Waals surface area (Å²) in [5.41, 5.74) is 5.25. The van der Waals surface area contributed by atoms with Gasteiger partial charge in [-0.3, -0.25) is 19.2 Å². The number of aryl methyl sites for hydroxylation is 3. The van der Waals surface area contributed by atoms with Gasteiger partial charge in [-0.05, 0) is 42.5 Å². The first-order valence-corrected chi connectivity index (χ1v) is 12.8. The third-order valence-corrected chi connectivity index (χ3v) is 6.89. The Labute approximate surface area is 214 Å². The molecule has 0 aliphatic carbocycles. The highest BCUT2D eigenvalue weighted by molar-refractivity contribution is 5.92. The fraction of sp³-hybridized carbons (Fsp3) is 0.414. The molecule has 7 nitrogen and oxygen atoms in total. The molecule has 3 aromatic rings. The van der Waals surface area contributed by atoms with Crippen LogP contribution in [0.2, 0.25) is 0 Å². The molecule has 4 rings (SSSR count). The van der Waals surface area contributed by atoms with E-state index in [1.807, 2.05) is 60.3 Å². The normalized spacial score (nSPS) is 15.3. The van der Waals surface area contributed by atoms with Gasteiger partial charge < -0.3 is 9.80 Å². The quantitative estimate of drug-likeness (QED) is 0.547. The summed E-state index contributed by atoms with van der Waals surface area (Å²) in [6.07, 6.45) is 3.97. The summed E-state index contributed by atoms with van der Waals surface area (Å²) >= 11 is 0. The maximum Gasteiger partial charge on any atom is 0.223 e. The zero-order chi connectivity index (χ0) is 25.5. The van der Waals surface area contributed by atoms with E-state index in [9.17, 15) is 9.59 Å². The molecule has 0 bridgehead atoms. The highest BCUT2D eigenvalue weighted by Gasteiger charge is 2.22. The van der Waals surface area contributed by atoms with Crippen molar-refractivity contribution in [1.29, 1.82) is 0 Å². The predicted molar refractivity (Wildman–Crippen MR) is 142 cm³/mol. The standard InChI is InChI=1S/C29H37N5O2/c1-23-26(21-31(3)30-23)14-15-29(36)33-19-18-32(20-25-10-5-4-6-11-25)16-9-17-34(24(2)35)28-13-8-7-12-27(28)22-33/h4-8,10-13,21H,9,14-20,22H2,1-3H3. The fourth-order valence-electron chi connectivity index (χ4n) is 4.97. The number of nitrogens with zero attached hydrogens (tertiary/aromatic N) is 5. The zero-order valence-electron chi connectivity index (χ0n) is 21.7. The Bertz CT molecular complexity index is 1170. The number of fused-ring (bicyclic) bond motifs is 1. The van der Waals surface area contributed by atoms with Gasteiger partial charge in [0.15, 0.2) is 0 Å². The van der Waals surface area contributed by atoms with Crippen LogP contribution >= 0.6 is 0 Å². The Morgan fingerprint density at radius 1 is 0.944 bits per heavy atom. The van der Waals surface area contributed by atoms with Gasteiger partial charge in [0.05, 0.1) is 5.69 Å². The van der Waals surface area contributed by atoms with Crippen LogP contribution in [0.3, 0.4) is 0 Å². The summed E-state index contributed by atoms with van der Waals surface area (Å²) in [5, 5.41) is 4.41. The van der Waals surface area contributed by atoms with Crippen molar-refractivity contribution in [2.24, 2.45) is 7.05 Å². The van der Waals surface area contributed by atoms with Crippen molar-refractivity contribution in [3.8, 4) is 0 Å². The van der Waals surface area contributed by atoms with E-state index >= 15 is 0 Å². The smallest absolute Gasteiger partial charge is 0.223 e. The minimum atomic E-state index is 0.0289. The Morgan fingerprint density at radius 2 is 1.69 bits per heavy atom. The lowest BCUT2D eigenvalue weighted by Crippen LogP contribution is -2.38. The summed E-state index contributed by atoms with van der Waals surface area (Å²) in [5.74, 6) is 0.155. The summed E-state index contributed by atoms with van der Waals surface area (Å²) < 4.78 is 1.80. The number of hydrogen-bond donors (Lipinski definition) is 0. The molecule has 0 atom stereocenters. The third-order valence-electron chi connectivity index (χ3n) is 6.89. The summed E-state index contributed by atoms with van der Waals surface area (Å²) in [4.78, 5) is 32.4. The second-order valence-corrected chi connectivity index (χ2v) is 9.64. The lowest BCUT2D eigenvalue weighted by Gasteiger charge is -2.28. The van der Waals surface area contributed by atoms with Crippen molar-refractivity contribution in [3.05, 3.63) is 83.2 Å². The first-order valence-electron chi connectivity index (χ1n) is 12.8. The zero-order valence-corrected chi connectivity index (χ0v) is 21.7. The van der Waals surface area contributed by atoms with E-state index < -0.39 is 0 Å². The van der Waals surface area contributed by atoms with Gasteiger partial charge in [0.2, 0.25) is 11.8 Å². The van der Waals surface area contributed by atoms with Gasteiger partial charge in [-0.25, -0.2) is 0 Å². The van der Waals surface area contributed by atoms with Crippen LogP contribution in [0, 0.1) is 6.92 Å². The molecule has 2 amide bonds. The molecular weight excluding hydrogens is 450 g/mol. The molecule has 2 heterocycles. The van der Waals surface area contributed by atoms with E-state index in [1.165, 1.54) is 5.56 Å². The molecule has 0 saturated carbocycles. The molecule has 36 heavy (non-hydrogen) atoms. The lowest BCUT2D eigenvalue weighted by molar-refractivity contribution is -0.132. The van der Waals surface area contributed by atoms with Crippen molar-refractivity contribution >= 4 is 17.5 Å². The number of carbonyl (C=O) groups excluding carboxylic acids is 2. The van der Waals surface area contributed by atoms with Crippen LogP contribution in [-0.2, 0) is 36.1 Å². The molecule has 0 saturated heterocycles. The number of carbonyl (C=O) groups is 2. The molecule has 0 fully saturated rings. The first kappa shape index (κ1) is 25.6. The molecule has 0 radical (unpaired) electrons. The van der Waals surface area contributed by atoms with Crippen LogP contribution in [0.1, 0.15) is 42.1 Å². The molecule has 7 heteroatoms. The average Bonchev–Trinajstić information content (AvgIpc) is 3.18. The molecule has 0 spiro atoms. The third kappa shape index (κ3) is 6.61. The van der Waals surface area contributed by atoms with Gasteiger partial charge in [-0.15, -0.1) is 0 Å². The number of para-hydroxylation sites is 1. The Morgan fingerprint density at radius 3 is 2.42 bits per heavy atom. The Hall–Kier alpha value is -3.45. The van der Waals surface area contributed by atoms with Crippen molar-refractivity contribution in [1.82, 2.24) is 19.6 Å². The molecule has 0 unspecified atom stereocenters. The maximum absolute atomic E-state index is 13.5. The summed E-state index contributed by atoms with van der Waals surface area (Å²) in [7, 11) is 1.91. The second-order valence-electron chi connectivity index (χ2n) is 9.64. The van der Waals surface area contributed by atoms with E-state index in [0.717, 1.165) is 48.6 Å². The van der Waals surface area contributed by atoms with Gasteiger partial charge in [0.25, 0.3) is 0 Å². The summed E-state index contributed by atoms with van der Waals surface area (Å²) in [6.45, 7) is 7.87. The molecule has 1 aliphatic rings. The predicted octanol–water partition coefficient (Wildman–Crippen LogP) is 3.95. The van der Waals surface area contributed by atoms with E-state index in [0.29, 0.717) is 32.5 Å². The van der Waals surface area contributed by atoms with Crippen molar-refractivity contribution in [2.45, 2.75) is 46.2 Å². The van der Waals surface area contributed by atoms with E-state index in [1.54, 1.807) is 11.6 Å². The number of aromatic nitrogens is 2. The Balaban J connectivity index is 1.57. The minimum Gasteiger partial charge on any atom is -0.337 e. The van der Waals surface area contributed by atoms with Crippen LogP contribution in [0.25, 0.3) is 0 Å². The fourth-order valence-corrected chi connectivity index (χ4v) is 4.97. The number of benzene rings is 2. The monoisotopic (exact) mass is 487 g/mol. The first-order chi connectivity index (χ1) is 17.4. The maximum atomic E-state index is 13.5. The number of amides is 2. The molecular formula is C29H37N5O2. The number of hydrogen-bond acceptors (Lipinski definition) is 4. The van der Waals surface area contributed by atoms with Gasteiger partial charge in [0, 0.05) is 71.5 Å². The van der Waals surface area contributed by atoms with Gasteiger partial charge in [0.1, 0.15) is 0 Å². The Kier molecular flexibility index (Phi) is 8.54. The molecule has 2 aromatic carbocycles. The van der Waals surface area contributed by atoms with Crippen molar-refractivity contribution < 1.29 is 9.59 Å². The van der Waals surface area contributed by atoms with E-state index in [-0.39, 0.29) is 11.8 Å². The minimum absolute atomic E-state index is 0.0289. The lowest BCUT2D eigenvalue weighted by atomic mass is 10.1. The molecule has 1 aromatic heterocycles. The van der Waals surface area contributed by atoms with Crippen LogP contribution in [0.5, 0.6) is 0 Å². The largest absolute Gasteiger partial charge is 0.337 e. The molecule has 190 valence electrons. The number of anilines is 1. The van der Waals surface area contributed by atoms with Gasteiger partial charge >= 0.3 is 0 Å². The van der Waals surface area contributed by atoms with E-state index in [2.05, 4.69) is 34.3 Å². The van der Waals surface area contributed by atoms with E-state index in [4.69, 9.17) is 0 Å². The second kappa shape index (κ2) is 12.0. The average molecular weight is 488 g/mol. The van der Waals surface area contributed by atoms with Crippen molar-refractivity contribution in [3.63, 3.8) is 0 Å². The molecule has 1 aliphatic heterocycles. The SMILES string of the molecule is CC(=O)N1CCCN(Cc2ccccc2)CCN(C(=O)CCc2cn(C)nc2C)Cc2ccccc21. The van der Waals surface area contributed by atoms with Crippen LogP contribution in [-0.4, -0.2) is 57.6 Å². The van der Waals surface area contributed by atoms with Crippen LogP contribution in [0.15, 0.2) is 60.8 Å². The van der Waals surface area contributed by atoms with Gasteiger partial charge in [-0.2, -0.15) is 5.10 Å². The summed E-state index contributed by atoms with van der Waals surface area (Å²) in [6, 6.07) is 18.4.